The summed E-state index contributed by atoms with van der Waals surface area (Å²) in [5.41, 5.74) is 0. The van der Waals surface area contributed by atoms with Crippen LogP contribution in [0.1, 0.15) is 26.2 Å². The molecule has 1 amide bonds. The average molecular weight is 463 g/mol. The first-order valence-corrected chi connectivity index (χ1v) is 12.2. The van der Waals surface area contributed by atoms with Crippen molar-refractivity contribution in [3.63, 3.8) is 0 Å². The van der Waals surface area contributed by atoms with E-state index in [1.54, 1.807) is 55.6 Å². The molecule has 0 spiro atoms. The highest BCUT2D eigenvalue weighted by atomic mass is 32.2. The van der Waals surface area contributed by atoms with Crippen molar-refractivity contribution in [3.05, 3.63) is 48.5 Å². The van der Waals surface area contributed by atoms with Crippen molar-refractivity contribution in [2.24, 2.45) is 0 Å². The molecule has 9 heteroatoms. The number of carbonyl (C=O) groups excluding carboxylic acids is 1. The van der Waals surface area contributed by atoms with Crippen LogP contribution in [0.15, 0.2) is 53.4 Å². The summed E-state index contributed by atoms with van der Waals surface area (Å²) >= 11 is 0. The van der Waals surface area contributed by atoms with E-state index in [0.717, 1.165) is 12.8 Å². The van der Waals surface area contributed by atoms with Gasteiger partial charge in [0.25, 0.3) is 5.91 Å². The minimum absolute atomic E-state index is 0.231. The molecule has 2 aromatic rings. The SMILES string of the molecule is CC[C@@H](Oc1cccc(OC)c1)C(=O)NCCOc1ccc(S(=O)(=O)N2CCCC2)cc1. The van der Waals surface area contributed by atoms with Crippen LogP contribution in [0.3, 0.4) is 0 Å². The summed E-state index contributed by atoms with van der Waals surface area (Å²) in [7, 11) is -1.86. The molecule has 1 heterocycles. The molecule has 1 aliphatic rings. The molecule has 0 aromatic heterocycles. The van der Waals surface area contributed by atoms with Gasteiger partial charge in [-0.2, -0.15) is 4.31 Å². The van der Waals surface area contributed by atoms with Gasteiger partial charge in [0, 0.05) is 19.2 Å². The Labute approximate surface area is 189 Å². The Morgan fingerprint density at radius 1 is 1.06 bits per heavy atom. The van der Waals surface area contributed by atoms with Crippen LogP contribution in [0.2, 0.25) is 0 Å². The number of hydrogen-bond acceptors (Lipinski definition) is 6. The maximum absolute atomic E-state index is 12.6. The monoisotopic (exact) mass is 462 g/mol. The van der Waals surface area contributed by atoms with Gasteiger partial charge < -0.3 is 19.5 Å². The zero-order valence-electron chi connectivity index (χ0n) is 18.5. The Hall–Kier alpha value is -2.78. The first-order chi connectivity index (χ1) is 15.4. The summed E-state index contributed by atoms with van der Waals surface area (Å²) in [5, 5.41) is 2.80. The lowest BCUT2D eigenvalue weighted by atomic mass is 10.2. The number of amides is 1. The van der Waals surface area contributed by atoms with E-state index in [0.29, 0.717) is 43.3 Å². The molecule has 0 bridgehead atoms. The summed E-state index contributed by atoms with van der Waals surface area (Å²) in [6, 6.07) is 13.5. The van der Waals surface area contributed by atoms with Gasteiger partial charge in [0.2, 0.25) is 10.0 Å². The molecule has 1 aliphatic heterocycles. The number of benzene rings is 2. The number of carbonyl (C=O) groups is 1. The maximum atomic E-state index is 12.6. The molecule has 0 aliphatic carbocycles. The van der Waals surface area contributed by atoms with Crippen molar-refractivity contribution >= 4 is 15.9 Å². The third-order valence-corrected chi connectivity index (χ3v) is 7.09. The second-order valence-electron chi connectivity index (χ2n) is 7.42. The molecule has 8 nitrogen and oxygen atoms in total. The van der Waals surface area contributed by atoms with Gasteiger partial charge in [0.15, 0.2) is 6.10 Å². The summed E-state index contributed by atoms with van der Waals surface area (Å²) in [6.07, 6.45) is 1.68. The van der Waals surface area contributed by atoms with E-state index in [-0.39, 0.29) is 17.4 Å². The van der Waals surface area contributed by atoms with Crippen LogP contribution >= 0.6 is 0 Å². The van der Waals surface area contributed by atoms with E-state index in [1.165, 1.54) is 4.31 Å². The third kappa shape index (κ3) is 6.14. The molecule has 1 fully saturated rings. The number of nitrogens with zero attached hydrogens (tertiary/aromatic N) is 1. The zero-order valence-corrected chi connectivity index (χ0v) is 19.3. The lowest BCUT2D eigenvalue weighted by Gasteiger charge is -2.18. The van der Waals surface area contributed by atoms with Crippen molar-refractivity contribution in [1.82, 2.24) is 9.62 Å². The highest BCUT2D eigenvalue weighted by molar-refractivity contribution is 7.89. The van der Waals surface area contributed by atoms with Crippen molar-refractivity contribution in [1.29, 1.82) is 0 Å². The molecule has 0 radical (unpaired) electrons. The van der Waals surface area contributed by atoms with Crippen molar-refractivity contribution in [2.45, 2.75) is 37.2 Å². The molecule has 32 heavy (non-hydrogen) atoms. The van der Waals surface area contributed by atoms with Crippen LogP contribution in [-0.4, -0.2) is 58.1 Å². The molecule has 174 valence electrons. The molecule has 1 saturated heterocycles. The Balaban J connectivity index is 1.45. The van der Waals surface area contributed by atoms with Gasteiger partial charge in [0.05, 0.1) is 18.6 Å². The Bertz CT molecular complexity index is 988. The zero-order chi connectivity index (χ0) is 23.0. The van der Waals surface area contributed by atoms with Crippen LogP contribution in [-0.2, 0) is 14.8 Å². The van der Waals surface area contributed by atoms with Crippen LogP contribution in [0, 0.1) is 0 Å². The fraction of sp³-hybridized carbons (Fsp3) is 0.435. The quantitative estimate of drug-likeness (QED) is 0.516. The van der Waals surface area contributed by atoms with Gasteiger partial charge in [-0.15, -0.1) is 0 Å². The van der Waals surface area contributed by atoms with E-state index in [4.69, 9.17) is 14.2 Å². The van der Waals surface area contributed by atoms with E-state index in [2.05, 4.69) is 5.32 Å². The van der Waals surface area contributed by atoms with E-state index in [1.807, 2.05) is 6.92 Å². The van der Waals surface area contributed by atoms with Gasteiger partial charge in [-0.3, -0.25) is 4.79 Å². The highest BCUT2D eigenvalue weighted by Gasteiger charge is 2.27. The topological polar surface area (TPSA) is 94.2 Å². The first kappa shape index (κ1) is 23.9. The number of sulfonamides is 1. The van der Waals surface area contributed by atoms with Crippen molar-refractivity contribution in [2.75, 3.05) is 33.4 Å². The minimum atomic E-state index is -3.44. The third-order valence-electron chi connectivity index (χ3n) is 5.18. The van der Waals surface area contributed by atoms with Crippen molar-refractivity contribution in [3.8, 4) is 17.2 Å². The lowest BCUT2D eigenvalue weighted by molar-refractivity contribution is -0.128. The molecule has 2 aromatic carbocycles. The molecule has 3 rings (SSSR count). The maximum Gasteiger partial charge on any atom is 0.261 e. The van der Waals surface area contributed by atoms with Crippen LogP contribution in [0.5, 0.6) is 17.2 Å². The standard InChI is InChI=1S/C23H30N2O6S/c1-3-22(31-20-8-6-7-19(17-20)29-2)23(26)24-13-16-30-18-9-11-21(12-10-18)32(27,28)25-14-4-5-15-25/h6-12,17,22H,3-5,13-16H2,1-2H3,(H,24,26)/t22-/m1/s1. The number of methoxy groups -OCH3 is 1. The van der Waals surface area contributed by atoms with Gasteiger partial charge >= 0.3 is 0 Å². The highest BCUT2D eigenvalue weighted by Crippen LogP contribution is 2.23. The average Bonchev–Trinajstić information content (AvgIpc) is 3.36. The van der Waals surface area contributed by atoms with Gasteiger partial charge in [-0.25, -0.2) is 8.42 Å². The summed E-state index contributed by atoms with van der Waals surface area (Å²) in [4.78, 5) is 12.7. The smallest absolute Gasteiger partial charge is 0.261 e. The number of nitrogens with one attached hydrogen (secondary N) is 1. The number of hydrogen-bond donors (Lipinski definition) is 1. The normalized spacial score (nSPS) is 15.2. The molecule has 0 saturated carbocycles. The number of rotatable bonds is 11. The van der Waals surface area contributed by atoms with Crippen molar-refractivity contribution < 1.29 is 27.4 Å². The lowest BCUT2D eigenvalue weighted by Crippen LogP contribution is -2.39. The second-order valence-corrected chi connectivity index (χ2v) is 9.35. The molecule has 1 N–H and O–H groups in total. The molecular formula is C23H30N2O6S. The Morgan fingerprint density at radius 3 is 2.41 bits per heavy atom. The molecule has 0 unspecified atom stereocenters. The predicted octanol–water partition coefficient (Wildman–Crippen LogP) is 2.83. The van der Waals surface area contributed by atoms with Crippen LogP contribution in [0.25, 0.3) is 0 Å². The van der Waals surface area contributed by atoms with E-state index < -0.39 is 16.1 Å². The Kier molecular flexibility index (Phi) is 8.35. The second kappa shape index (κ2) is 11.2. The summed E-state index contributed by atoms with van der Waals surface area (Å²) in [6.45, 7) is 3.56. The molecular weight excluding hydrogens is 432 g/mol. The fourth-order valence-corrected chi connectivity index (χ4v) is 4.92. The van der Waals surface area contributed by atoms with Crippen LogP contribution < -0.4 is 19.5 Å². The first-order valence-electron chi connectivity index (χ1n) is 10.8. The Morgan fingerprint density at radius 2 is 1.75 bits per heavy atom. The van der Waals surface area contributed by atoms with Crippen LogP contribution in [0.4, 0.5) is 0 Å². The van der Waals surface area contributed by atoms with Gasteiger partial charge in [-0.05, 0) is 55.7 Å². The minimum Gasteiger partial charge on any atom is -0.497 e. The predicted molar refractivity (Wildman–Crippen MR) is 121 cm³/mol. The molecule has 1 atom stereocenters. The largest absolute Gasteiger partial charge is 0.497 e. The number of ether oxygens (including phenoxy) is 3. The van der Waals surface area contributed by atoms with E-state index in [9.17, 15) is 13.2 Å². The van der Waals surface area contributed by atoms with E-state index >= 15 is 0 Å². The van der Waals surface area contributed by atoms with Gasteiger partial charge in [-0.1, -0.05) is 13.0 Å². The summed E-state index contributed by atoms with van der Waals surface area (Å²) in [5.74, 6) is 1.53. The summed E-state index contributed by atoms with van der Waals surface area (Å²) < 4.78 is 43.2. The fourth-order valence-electron chi connectivity index (χ4n) is 3.40. The van der Waals surface area contributed by atoms with Gasteiger partial charge in [0.1, 0.15) is 23.9 Å².